The minimum absolute atomic E-state index is 0.162. The number of ether oxygens (including phenoxy) is 2. The number of fused-ring (bicyclic) bond motifs is 1. The second-order valence-electron chi connectivity index (χ2n) is 9.91. The van der Waals surface area contributed by atoms with Crippen molar-refractivity contribution >= 4 is 34.2 Å². The van der Waals surface area contributed by atoms with Gasteiger partial charge in [-0.2, -0.15) is 0 Å². The Morgan fingerprint density at radius 3 is 2.61 bits per heavy atom. The zero-order valence-electron chi connectivity index (χ0n) is 22.4. The van der Waals surface area contributed by atoms with E-state index in [2.05, 4.69) is 22.2 Å². The summed E-state index contributed by atoms with van der Waals surface area (Å²) in [5.41, 5.74) is 1.90. The molecule has 38 heavy (non-hydrogen) atoms. The zero-order valence-corrected chi connectivity index (χ0v) is 23.1. The summed E-state index contributed by atoms with van der Waals surface area (Å²) >= 11 is 6.47. The van der Waals surface area contributed by atoms with E-state index in [1.54, 1.807) is 30.5 Å². The molecule has 1 amide bonds. The number of pyridine rings is 1. The number of piperidine rings is 1. The second kappa shape index (κ2) is 13.1. The Bertz CT molecular complexity index is 1290. The van der Waals surface area contributed by atoms with Crippen LogP contribution in [0.15, 0.2) is 42.6 Å². The largest absolute Gasteiger partial charge is 0.492 e. The van der Waals surface area contributed by atoms with Gasteiger partial charge in [0.1, 0.15) is 23.0 Å². The van der Waals surface area contributed by atoms with Crippen LogP contribution < -0.4 is 14.8 Å². The lowest BCUT2D eigenvalue weighted by Gasteiger charge is -2.29. The van der Waals surface area contributed by atoms with Gasteiger partial charge in [-0.25, -0.2) is 0 Å². The van der Waals surface area contributed by atoms with Crippen LogP contribution in [0.1, 0.15) is 55.5 Å². The standard InChI is InChI=1S/C30H36ClN3O4/c1-4-6-22(35)15-21-7-8-23(16-26(21)31)38-28-9-12-33-27-18-29(25(17-24(27)28)30(36)32-5-2)37-19-20-10-13-34(3)14-11-20/h7-9,12,16-18,20H,4-6,10-11,13-15,19H2,1-3H3,(H,32,36). The molecule has 4 rings (SSSR count). The molecular formula is C30H36ClN3O4. The number of hydrogen-bond donors (Lipinski definition) is 1. The number of nitrogens with zero attached hydrogens (tertiary/aromatic N) is 2. The van der Waals surface area contributed by atoms with Crippen LogP contribution in [0.25, 0.3) is 10.9 Å². The van der Waals surface area contributed by atoms with Crippen molar-refractivity contribution in [2.24, 2.45) is 5.92 Å². The Balaban J connectivity index is 1.59. The van der Waals surface area contributed by atoms with Crippen molar-refractivity contribution < 1.29 is 19.1 Å². The smallest absolute Gasteiger partial charge is 0.255 e. The third kappa shape index (κ3) is 7.03. The highest BCUT2D eigenvalue weighted by Crippen LogP contribution is 2.35. The van der Waals surface area contributed by atoms with E-state index in [9.17, 15) is 9.59 Å². The van der Waals surface area contributed by atoms with Crippen LogP contribution in [0.2, 0.25) is 5.02 Å². The van der Waals surface area contributed by atoms with Crippen LogP contribution in [0.4, 0.5) is 0 Å². The van der Waals surface area contributed by atoms with Gasteiger partial charge in [0.2, 0.25) is 0 Å². The average Bonchev–Trinajstić information content (AvgIpc) is 2.90. The third-order valence-electron chi connectivity index (χ3n) is 6.87. The molecule has 0 saturated carbocycles. The van der Waals surface area contributed by atoms with Crippen molar-refractivity contribution in [1.82, 2.24) is 15.2 Å². The minimum atomic E-state index is -0.202. The summed E-state index contributed by atoms with van der Waals surface area (Å²) in [6.45, 7) is 7.05. The molecule has 0 spiro atoms. The number of Topliss-reactive ketones (excluding diaryl/α,β-unsaturated/α-hetero) is 1. The Morgan fingerprint density at radius 2 is 1.89 bits per heavy atom. The van der Waals surface area contributed by atoms with Crippen molar-refractivity contribution in [1.29, 1.82) is 0 Å². The van der Waals surface area contributed by atoms with Crippen molar-refractivity contribution in [2.75, 3.05) is 33.3 Å². The molecule has 0 atom stereocenters. The molecule has 202 valence electrons. The van der Waals surface area contributed by atoms with Crippen LogP contribution in [-0.2, 0) is 11.2 Å². The molecule has 2 heterocycles. The van der Waals surface area contributed by atoms with Gasteiger partial charge in [0.15, 0.2) is 0 Å². The molecule has 0 aliphatic carbocycles. The maximum Gasteiger partial charge on any atom is 0.255 e. The second-order valence-corrected chi connectivity index (χ2v) is 10.3. The molecular weight excluding hydrogens is 502 g/mol. The highest BCUT2D eigenvalue weighted by Gasteiger charge is 2.21. The van der Waals surface area contributed by atoms with Gasteiger partial charge in [-0.1, -0.05) is 24.6 Å². The number of hydrogen-bond acceptors (Lipinski definition) is 6. The number of nitrogens with one attached hydrogen (secondary N) is 1. The molecule has 1 saturated heterocycles. The van der Waals surface area contributed by atoms with Crippen LogP contribution in [0.5, 0.6) is 17.2 Å². The molecule has 1 N–H and O–H groups in total. The number of ketones is 1. The first kappa shape index (κ1) is 27.9. The quantitative estimate of drug-likeness (QED) is 0.320. The number of amides is 1. The van der Waals surface area contributed by atoms with Crippen LogP contribution >= 0.6 is 11.6 Å². The van der Waals surface area contributed by atoms with E-state index >= 15 is 0 Å². The van der Waals surface area contributed by atoms with Gasteiger partial charge < -0.3 is 19.7 Å². The van der Waals surface area contributed by atoms with E-state index in [0.717, 1.165) is 37.9 Å². The van der Waals surface area contributed by atoms with Gasteiger partial charge in [0.25, 0.3) is 5.91 Å². The summed E-state index contributed by atoms with van der Waals surface area (Å²) in [6.07, 6.45) is 5.48. The normalized spacial score (nSPS) is 14.4. The number of aromatic nitrogens is 1. The van der Waals surface area contributed by atoms with Gasteiger partial charge in [-0.05, 0) is 82.1 Å². The third-order valence-corrected chi connectivity index (χ3v) is 7.22. The van der Waals surface area contributed by atoms with Gasteiger partial charge >= 0.3 is 0 Å². The first-order valence-electron chi connectivity index (χ1n) is 13.4. The summed E-state index contributed by atoms with van der Waals surface area (Å²) in [5.74, 6) is 2.03. The first-order valence-corrected chi connectivity index (χ1v) is 13.8. The fourth-order valence-corrected chi connectivity index (χ4v) is 4.91. The average molecular weight is 538 g/mol. The van der Waals surface area contributed by atoms with Crippen molar-refractivity contribution in [3.8, 4) is 17.2 Å². The Morgan fingerprint density at radius 1 is 1.11 bits per heavy atom. The van der Waals surface area contributed by atoms with E-state index in [1.807, 2.05) is 26.0 Å². The van der Waals surface area contributed by atoms with E-state index in [4.69, 9.17) is 21.1 Å². The van der Waals surface area contributed by atoms with Crippen molar-refractivity contribution in [2.45, 2.75) is 46.0 Å². The summed E-state index contributed by atoms with van der Waals surface area (Å²) < 4.78 is 12.4. The predicted molar refractivity (Wildman–Crippen MR) is 151 cm³/mol. The van der Waals surface area contributed by atoms with Gasteiger partial charge in [0, 0.05) is 42.1 Å². The topological polar surface area (TPSA) is 80.8 Å². The first-order chi connectivity index (χ1) is 18.4. The van der Waals surface area contributed by atoms with E-state index < -0.39 is 0 Å². The predicted octanol–water partition coefficient (Wildman–Crippen LogP) is 6.06. The monoisotopic (exact) mass is 537 g/mol. The molecule has 2 aromatic carbocycles. The lowest BCUT2D eigenvalue weighted by Crippen LogP contribution is -2.32. The fraction of sp³-hybridized carbons (Fsp3) is 0.433. The summed E-state index contributed by atoms with van der Waals surface area (Å²) in [4.78, 5) is 31.9. The van der Waals surface area contributed by atoms with E-state index in [0.29, 0.717) is 70.6 Å². The Kier molecular flexibility index (Phi) is 9.58. The lowest BCUT2D eigenvalue weighted by molar-refractivity contribution is -0.118. The molecule has 0 bridgehead atoms. The summed E-state index contributed by atoms with van der Waals surface area (Å²) in [5, 5.41) is 4.06. The maximum atomic E-state index is 13.0. The number of carbonyl (C=O) groups excluding carboxylic acids is 2. The Hall–Kier alpha value is -3.16. The highest BCUT2D eigenvalue weighted by molar-refractivity contribution is 6.31. The molecule has 1 aliphatic rings. The Labute approximate surface area is 229 Å². The number of rotatable bonds is 11. The SMILES string of the molecule is CCCC(=O)Cc1ccc(Oc2ccnc3cc(OCC4CCN(C)CC4)c(C(=O)NCC)cc23)cc1Cl. The molecule has 0 radical (unpaired) electrons. The molecule has 7 nitrogen and oxygen atoms in total. The molecule has 8 heteroatoms. The molecule has 3 aromatic rings. The lowest BCUT2D eigenvalue weighted by atomic mass is 9.98. The molecule has 1 fully saturated rings. The number of benzene rings is 2. The van der Waals surface area contributed by atoms with Gasteiger partial charge in [0.05, 0.1) is 17.7 Å². The van der Waals surface area contributed by atoms with Crippen LogP contribution in [-0.4, -0.2) is 54.9 Å². The number of carbonyl (C=O) groups is 2. The fourth-order valence-electron chi connectivity index (χ4n) is 4.67. The summed E-state index contributed by atoms with van der Waals surface area (Å²) in [6, 6.07) is 10.7. The molecule has 0 unspecified atom stereocenters. The van der Waals surface area contributed by atoms with E-state index in [1.165, 1.54) is 0 Å². The van der Waals surface area contributed by atoms with Crippen LogP contribution in [0.3, 0.4) is 0 Å². The van der Waals surface area contributed by atoms with Crippen LogP contribution in [0, 0.1) is 5.92 Å². The van der Waals surface area contributed by atoms with E-state index in [-0.39, 0.29) is 11.7 Å². The minimum Gasteiger partial charge on any atom is -0.492 e. The van der Waals surface area contributed by atoms with Gasteiger partial charge in [-0.15, -0.1) is 0 Å². The highest BCUT2D eigenvalue weighted by atomic mass is 35.5. The number of halogens is 1. The van der Waals surface area contributed by atoms with Crippen molar-refractivity contribution in [3.05, 3.63) is 58.7 Å². The molecule has 1 aromatic heterocycles. The number of likely N-dealkylation sites (tertiary alicyclic amines) is 1. The zero-order chi connectivity index (χ0) is 27.1. The molecule has 1 aliphatic heterocycles. The maximum absolute atomic E-state index is 13.0. The summed E-state index contributed by atoms with van der Waals surface area (Å²) in [7, 11) is 2.13. The van der Waals surface area contributed by atoms with Crippen molar-refractivity contribution in [3.63, 3.8) is 0 Å². The van der Waals surface area contributed by atoms with Gasteiger partial charge in [-0.3, -0.25) is 14.6 Å².